The van der Waals surface area contributed by atoms with Gasteiger partial charge in [-0.2, -0.15) is 0 Å². The summed E-state index contributed by atoms with van der Waals surface area (Å²) in [6, 6.07) is 16.5. The molecule has 0 spiro atoms. The average molecular weight is 977 g/mol. The van der Waals surface area contributed by atoms with E-state index in [-0.39, 0.29) is 30.6 Å². The van der Waals surface area contributed by atoms with Crippen LogP contribution in [0.5, 0.6) is 11.5 Å². The Labute approximate surface area is 413 Å². The number of carbonyl (C=O) groups is 2. The lowest BCUT2D eigenvalue weighted by atomic mass is 9.80. The number of ether oxygens (including phenoxy) is 8. The number of nitrogens with zero attached hydrogens (tertiary/aromatic N) is 4. The third-order valence-electron chi connectivity index (χ3n) is 14.0. The summed E-state index contributed by atoms with van der Waals surface area (Å²) in [5, 5.41) is 42.5. The summed E-state index contributed by atoms with van der Waals surface area (Å²) in [5.74, 6) is -0.555. The summed E-state index contributed by atoms with van der Waals surface area (Å²) in [6.07, 6.45) is -0.0592. The molecule has 0 radical (unpaired) electrons. The predicted molar refractivity (Wildman–Crippen MR) is 260 cm³/mol. The second-order valence-corrected chi connectivity index (χ2v) is 19.4. The number of rotatable bonds is 15. The molecule has 3 aliphatic rings. The predicted octanol–water partition coefficient (Wildman–Crippen LogP) is 6.14. The Morgan fingerprint density at radius 2 is 1.50 bits per heavy atom. The fourth-order valence-corrected chi connectivity index (χ4v) is 9.83. The van der Waals surface area contributed by atoms with Gasteiger partial charge in [0.05, 0.1) is 43.3 Å². The molecule has 1 aromatic heterocycles. The van der Waals surface area contributed by atoms with Crippen molar-refractivity contribution in [2.24, 2.45) is 23.7 Å². The van der Waals surface area contributed by atoms with E-state index in [1.54, 1.807) is 49.7 Å². The highest BCUT2D eigenvalue weighted by atomic mass is 16.7. The number of likely N-dealkylation sites (N-methyl/N-ethyl adjacent to an activating group) is 1. The molecule has 386 valence electrons. The molecule has 2 saturated heterocycles. The van der Waals surface area contributed by atoms with E-state index in [2.05, 4.69) is 10.3 Å². The molecule has 2 fully saturated rings. The Morgan fingerprint density at radius 3 is 2.17 bits per heavy atom. The van der Waals surface area contributed by atoms with Gasteiger partial charge in [-0.15, -0.1) is 5.10 Å². The number of methoxy groups -OCH3 is 2. The molecular weight excluding hydrogens is 901 g/mol. The van der Waals surface area contributed by atoms with Gasteiger partial charge in [0.25, 0.3) is 0 Å². The normalized spacial score (nSPS) is 35.2. The lowest BCUT2D eigenvalue weighted by molar-refractivity contribution is -0.304. The van der Waals surface area contributed by atoms with Crippen molar-refractivity contribution in [2.75, 3.05) is 34.9 Å². The van der Waals surface area contributed by atoms with Gasteiger partial charge in [0.15, 0.2) is 18.4 Å². The van der Waals surface area contributed by atoms with E-state index in [0.29, 0.717) is 43.7 Å². The topological polar surface area (TPSA) is 203 Å². The van der Waals surface area contributed by atoms with Crippen LogP contribution in [0, 0.1) is 23.7 Å². The Balaban J connectivity index is 1.26. The molecule has 0 bridgehead atoms. The highest BCUT2D eigenvalue weighted by molar-refractivity contribution is 5.91. The Morgan fingerprint density at radius 1 is 0.829 bits per heavy atom. The summed E-state index contributed by atoms with van der Waals surface area (Å²) in [4.78, 5) is 29.8. The van der Waals surface area contributed by atoms with E-state index < -0.39 is 91.4 Å². The first-order chi connectivity index (χ1) is 33.5. The minimum Gasteiger partial charge on any atom is -0.462 e. The molecule has 4 heterocycles. The third-order valence-corrected chi connectivity index (χ3v) is 14.0. The number of ketones is 1. The van der Waals surface area contributed by atoms with Crippen LogP contribution in [0.2, 0.25) is 0 Å². The minimum absolute atomic E-state index is 0.0580. The summed E-state index contributed by atoms with van der Waals surface area (Å²) < 4.78 is 50.7. The molecule has 8 unspecified atom stereocenters. The van der Waals surface area contributed by atoms with Crippen LogP contribution in [0.3, 0.4) is 0 Å². The van der Waals surface area contributed by atoms with Gasteiger partial charge in [-0.05, 0) is 115 Å². The van der Waals surface area contributed by atoms with Crippen LogP contribution >= 0.6 is 0 Å². The lowest BCUT2D eigenvalue weighted by Gasteiger charge is -2.46. The van der Waals surface area contributed by atoms with Crippen molar-refractivity contribution in [1.82, 2.24) is 19.9 Å². The number of aliphatic hydroxyl groups excluding tert-OH is 3. The van der Waals surface area contributed by atoms with Crippen LogP contribution < -0.4 is 4.74 Å². The van der Waals surface area contributed by atoms with Crippen LogP contribution in [-0.2, 0) is 49.3 Å². The molecule has 0 amide bonds. The molecule has 3 aromatic rings. The number of aliphatic hydroxyl groups is 3. The number of carbonyl (C=O) groups excluding carboxylic acids is 2. The van der Waals surface area contributed by atoms with Crippen molar-refractivity contribution in [3.63, 3.8) is 0 Å². The van der Waals surface area contributed by atoms with Crippen molar-refractivity contribution in [2.45, 2.75) is 154 Å². The zero-order chi connectivity index (χ0) is 50.6. The highest BCUT2D eigenvalue weighted by Crippen LogP contribution is 2.36. The monoisotopic (exact) mass is 977 g/mol. The van der Waals surface area contributed by atoms with Gasteiger partial charge in [-0.1, -0.05) is 61.9 Å². The number of benzene rings is 2. The fraction of sp³-hybridized carbons (Fsp3) is 0.623. The SMILES string of the molecule is CC[C@H]1OC(=O)CC[C@H](C)[C@@H](O[C@@H]2O[C@H](C)C(O)C(N(C)C)C2O)[C@@H](CCn2cc(-c3ccc(Oc4ccccc4)cc3)nn2)C[C@@H](C)C(=O)/C=C/C(C)=C/[C@@H]1COC1OC(C)C(O)C(OC)C1OC. The highest BCUT2D eigenvalue weighted by Gasteiger charge is 2.47. The minimum atomic E-state index is -1.21. The molecule has 6 rings (SSSR count). The van der Waals surface area contributed by atoms with Crippen LogP contribution in [0.15, 0.2) is 84.6 Å². The van der Waals surface area contributed by atoms with Crippen molar-refractivity contribution >= 4 is 11.8 Å². The quantitative estimate of drug-likeness (QED) is 0.146. The Bertz CT molecular complexity index is 2150. The molecule has 17 nitrogen and oxygen atoms in total. The summed E-state index contributed by atoms with van der Waals surface area (Å²) in [7, 11) is 6.57. The first kappa shape index (κ1) is 54.9. The van der Waals surface area contributed by atoms with E-state index in [1.165, 1.54) is 14.2 Å². The van der Waals surface area contributed by atoms with E-state index in [1.807, 2.05) is 94.6 Å². The van der Waals surface area contributed by atoms with Crippen LogP contribution in [0.4, 0.5) is 0 Å². The van der Waals surface area contributed by atoms with Crippen molar-refractivity contribution < 1.29 is 62.8 Å². The molecule has 0 aliphatic carbocycles. The molecule has 0 saturated carbocycles. The zero-order valence-corrected chi connectivity index (χ0v) is 42.4. The van der Waals surface area contributed by atoms with E-state index in [0.717, 1.165) is 16.9 Å². The van der Waals surface area contributed by atoms with Crippen molar-refractivity contribution in [1.29, 1.82) is 0 Å². The second-order valence-electron chi connectivity index (χ2n) is 19.4. The maximum atomic E-state index is 14.1. The molecule has 3 aliphatic heterocycles. The largest absolute Gasteiger partial charge is 0.462 e. The van der Waals surface area contributed by atoms with Crippen LogP contribution in [-0.4, -0.2) is 155 Å². The van der Waals surface area contributed by atoms with Crippen LogP contribution in [0.1, 0.15) is 73.6 Å². The molecule has 17 heteroatoms. The summed E-state index contributed by atoms with van der Waals surface area (Å²) in [6.45, 7) is 11.7. The summed E-state index contributed by atoms with van der Waals surface area (Å²) in [5.41, 5.74) is 2.31. The van der Waals surface area contributed by atoms with Gasteiger partial charge in [0.1, 0.15) is 47.7 Å². The standard InChI is InChI=1S/C53H76N4O13/c1-11-43-38(30-65-53-51(64-10)50(63-9)47(61)35(6)67-53)27-31(2)17-23-42(58)33(4)28-37(25-26-57-29-41(54-55-57)36-19-21-40(22-20-36)68-39-15-13-12-14-16-39)49(32(3)18-24-44(59)69-43)70-52-48(62)45(56(7)8)46(60)34(5)66-52/h12-17,19-23,27,29,32-35,37-38,43,45-53,60-62H,11,18,24-26,28,30H2,1-10H3/b23-17+,31-27+/t32-,33+,34+,35?,37-,38+,43+,45?,46?,47?,48?,49+,50?,51?,52-,53?/m0/s1. The number of para-hydroxylation sites is 1. The molecule has 3 N–H and O–H groups in total. The second kappa shape index (κ2) is 25.8. The third kappa shape index (κ3) is 14.2. The van der Waals surface area contributed by atoms with Gasteiger partial charge >= 0.3 is 5.97 Å². The molecule has 70 heavy (non-hydrogen) atoms. The van der Waals surface area contributed by atoms with Gasteiger partial charge in [0.2, 0.25) is 0 Å². The number of hydrogen-bond donors (Lipinski definition) is 3. The van der Waals surface area contributed by atoms with Gasteiger partial charge in [0, 0.05) is 44.6 Å². The number of allylic oxidation sites excluding steroid dienone is 3. The fourth-order valence-electron chi connectivity index (χ4n) is 9.83. The van der Waals surface area contributed by atoms with Gasteiger partial charge in [-0.3, -0.25) is 14.3 Å². The average Bonchev–Trinajstić information content (AvgIpc) is 3.82. The number of esters is 1. The smallest absolute Gasteiger partial charge is 0.306 e. The maximum Gasteiger partial charge on any atom is 0.306 e. The van der Waals surface area contributed by atoms with Crippen molar-refractivity contribution in [3.8, 4) is 22.8 Å². The number of cyclic esters (lactones) is 1. The lowest BCUT2D eigenvalue weighted by Crippen LogP contribution is -2.63. The number of aromatic nitrogens is 3. The number of hydrogen-bond acceptors (Lipinski definition) is 16. The Kier molecular flexibility index (Phi) is 20.3. The molecule has 2 aromatic carbocycles. The van der Waals surface area contributed by atoms with Gasteiger partial charge < -0.3 is 58.1 Å². The Hall–Kier alpha value is -4.40. The number of aryl methyl sites for hydroxylation is 1. The maximum absolute atomic E-state index is 14.1. The van der Waals surface area contributed by atoms with Crippen LogP contribution in [0.25, 0.3) is 11.3 Å². The van der Waals surface area contributed by atoms with E-state index in [4.69, 9.17) is 37.9 Å². The van der Waals surface area contributed by atoms with Gasteiger partial charge in [-0.25, -0.2) is 0 Å². The van der Waals surface area contributed by atoms with Crippen molar-refractivity contribution in [3.05, 3.63) is 84.6 Å². The zero-order valence-electron chi connectivity index (χ0n) is 42.4. The first-order valence-electron chi connectivity index (χ1n) is 24.7. The molecule has 16 atom stereocenters. The first-order valence-corrected chi connectivity index (χ1v) is 24.7. The van der Waals surface area contributed by atoms with E-state index >= 15 is 0 Å². The molecular formula is C53H76N4O13. The summed E-state index contributed by atoms with van der Waals surface area (Å²) >= 11 is 0. The van der Waals surface area contributed by atoms with E-state index in [9.17, 15) is 24.9 Å².